The van der Waals surface area contributed by atoms with E-state index in [1.165, 1.54) is 12.1 Å². The maximum absolute atomic E-state index is 13.1. The molecule has 0 atom stereocenters. The number of hydrogen-bond donors (Lipinski definition) is 1. The Labute approximate surface area is 101 Å². The van der Waals surface area contributed by atoms with Gasteiger partial charge >= 0.3 is 0 Å². The quantitative estimate of drug-likeness (QED) is 0.921. The predicted octanol–water partition coefficient (Wildman–Crippen LogP) is 2.72. The van der Waals surface area contributed by atoms with Gasteiger partial charge < -0.3 is 5.73 Å². The van der Waals surface area contributed by atoms with Crippen LogP contribution < -0.4 is 5.73 Å². The molecule has 3 nitrogen and oxygen atoms in total. The number of hydrogen-bond acceptors (Lipinski definition) is 2. The summed E-state index contributed by atoms with van der Waals surface area (Å²) in [6, 6.07) is 6.37. The molecule has 16 heavy (non-hydrogen) atoms. The fourth-order valence-corrected chi connectivity index (χ4v) is 1.89. The molecule has 2 N–H and O–H groups in total. The van der Waals surface area contributed by atoms with Gasteiger partial charge in [0, 0.05) is 16.2 Å². The minimum Gasteiger partial charge on any atom is -0.382 e. The first-order valence-corrected chi connectivity index (χ1v) is 5.59. The topological polar surface area (TPSA) is 43.8 Å². The number of halogens is 2. The van der Waals surface area contributed by atoms with Crippen molar-refractivity contribution in [1.29, 1.82) is 0 Å². The first-order chi connectivity index (χ1) is 7.56. The molecule has 0 amide bonds. The van der Waals surface area contributed by atoms with Crippen LogP contribution in [0.4, 0.5) is 10.2 Å². The average Bonchev–Trinajstić information content (AvgIpc) is 2.51. The largest absolute Gasteiger partial charge is 0.382 e. The molecule has 1 aromatic heterocycles. The summed E-state index contributed by atoms with van der Waals surface area (Å²) in [6.45, 7) is 2.41. The van der Waals surface area contributed by atoms with Gasteiger partial charge in [0.25, 0.3) is 0 Å². The third-order valence-corrected chi connectivity index (χ3v) is 3.10. The molecule has 1 aromatic carbocycles. The van der Waals surface area contributed by atoms with Crippen LogP contribution in [0.3, 0.4) is 0 Å². The lowest BCUT2D eigenvalue weighted by molar-refractivity contribution is 0.616. The van der Waals surface area contributed by atoms with Crippen molar-refractivity contribution < 1.29 is 4.39 Å². The maximum Gasteiger partial charge on any atom is 0.145 e. The molecule has 84 valence electrons. The molecule has 2 rings (SSSR count). The molecule has 1 heterocycles. The van der Waals surface area contributed by atoms with E-state index in [4.69, 9.17) is 5.73 Å². The van der Waals surface area contributed by atoms with E-state index in [9.17, 15) is 4.39 Å². The highest BCUT2D eigenvalue weighted by Gasteiger charge is 2.06. The summed E-state index contributed by atoms with van der Waals surface area (Å²) in [5.41, 5.74) is 7.37. The number of aromatic nitrogens is 2. The van der Waals surface area contributed by atoms with E-state index in [1.54, 1.807) is 16.8 Å². The fourth-order valence-electron chi connectivity index (χ4n) is 1.52. The molecule has 0 spiro atoms. The summed E-state index contributed by atoms with van der Waals surface area (Å²) in [7, 11) is 0. The minimum absolute atomic E-state index is 0.254. The second-order valence-corrected chi connectivity index (χ2v) is 4.46. The second kappa shape index (κ2) is 4.25. The highest BCUT2D eigenvalue weighted by Crippen LogP contribution is 2.19. The molecular weight excluding hydrogens is 273 g/mol. The number of benzene rings is 1. The zero-order chi connectivity index (χ0) is 11.7. The van der Waals surface area contributed by atoms with Crippen LogP contribution >= 0.6 is 15.9 Å². The molecule has 0 aliphatic carbocycles. The van der Waals surface area contributed by atoms with E-state index >= 15 is 0 Å². The van der Waals surface area contributed by atoms with Crippen molar-refractivity contribution in [2.45, 2.75) is 13.5 Å². The summed E-state index contributed by atoms with van der Waals surface area (Å²) in [5.74, 6) is 0.223. The molecule has 5 heteroatoms. The Bertz CT molecular complexity index is 522. The van der Waals surface area contributed by atoms with Crippen LogP contribution in [0.25, 0.3) is 0 Å². The number of anilines is 1. The van der Waals surface area contributed by atoms with Crippen molar-refractivity contribution in [1.82, 2.24) is 9.78 Å². The van der Waals surface area contributed by atoms with E-state index in [1.807, 2.05) is 6.92 Å². The van der Waals surface area contributed by atoms with Crippen molar-refractivity contribution in [3.63, 3.8) is 0 Å². The Balaban J connectivity index is 2.33. The lowest BCUT2D eigenvalue weighted by atomic mass is 10.2. The number of rotatable bonds is 2. The van der Waals surface area contributed by atoms with Crippen LogP contribution in [0.1, 0.15) is 11.3 Å². The number of nitrogens with zero attached hydrogens (tertiary/aromatic N) is 2. The molecule has 0 fully saturated rings. The third kappa shape index (κ3) is 2.24. The van der Waals surface area contributed by atoms with Gasteiger partial charge in [-0.25, -0.2) is 4.39 Å². The SMILES string of the molecule is Cc1cc(N)nn1Cc1cc(F)ccc1Br. The van der Waals surface area contributed by atoms with Gasteiger partial charge in [-0.15, -0.1) is 0 Å². The highest BCUT2D eigenvalue weighted by atomic mass is 79.9. The molecule has 0 saturated heterocycles. The van der Waals surface area contributed by atoms with Gasteiger partial charge in [0.1, 0.15) is 11.6 Å². The van der Waals surface area contributed by atoms with Gasteiger partial charge in [-0.2, -0.15) is 5.10 Å². The zero-order valence-corrected chi connectivity index (χ0v) is 10.3. The molecule has 0 radical (unpaired) electrons. The van der Waals surface area contributed by atoms with E-state index in [0.29, 0.717) is 12.4 Å². The second-order valence-electron chi connectivity index (χ2n) is 3.60. The molecule has 0 unspecified atom stereocenters. The lowest BCUT2D eigenvalue weighted by Crippen LogP contribution is -2.05. The Kier molecular flexibility index (Phi) is 2.96. The summed E-state index contributed by atoms with van der Waals surface area (Å²) in [5, 5.41) is 4.13. The normalized spacial score (nSPS) is 10.7. The van der Waals surface area contributed by atoms with Crippen molar-refractivity contribution in [3.05, 3.63) is 45.8 Å². The summed E-state index contributed by atoms with van der Waals surface area (Å²) >= 11 is 3.38. The molecule has 2 aromatic rings. The van der Waals surface area contributed by atoms with Crippen molar-refractivity contribution >= 4 is 21.7 Å². The predicted molar refractivity (Wildman–Crippen MR) is 64.6 cm³/mol. The number of nitrogen functional groups attached to an aromatic ring is 1. The van der Waals surface area contributed by atoms with Gasteiger partial charge in [-0.05, 0) is 30.7 Å². The van der Waals surface area contributed by atoms with E-state index in [2.05, 4.69) is 21.0 Å². The average molecular weight is 284 g/mol. The Morgan fingerprint density at radius 2 is 2.19 bits per heavy atom. The minimum atomic E-state index is -0.254. The van der Waals surface area contributed by atoms with Gasteiger partial charge in [0.15, 0.2) is 0 Å². The van der Waals surface area contributed by atoms with Gasteiger partial charge in [0.2, 0.25) is 0 Å². The highest BCUT2D eigenvalue weighted by molar-refractivity contribution is 9.10. The summed E-state index contributed by atoms with van der Waals surface area (Å²) in [4.78, 5) is 0. The number of aryl methyl sites for hydroxylation is 1. The molecule has 0 aliphatic heterocycles. The smallest absolute Gasteiger partial charge is 0.145 e. The fraction of sp³-hybridized carbons (Fsp3) is 0.182. The van der Waals surface area contributed by atoms with E-state index in [0.717, 1.165) is 15.7 Å². The molecule has 0 saturated carbocycles. The lowest BCUT2D eigenvalue weighted by Gasteiger charge is -2.06. The van der Waals surface area contributed by atoms with Crippen molar-refractivity contribution in [3.8, 4) is 0 Å². The molecule has 0 bridgehead atoms. The van der Waals surface area contributed by atoms with Gasteiger partial charge in [-0.3, -0.25) is 4.68 Å². The van der Waals surface area contributed by atoms with Crippen molar-refractivity contribution in [2.24, 2.45) is 0 Å². The van der Waals surface area contributed by atoms with Crippen LogP contribution in [0, 0.1) is 12.7 Å². The Morgan fingerprint density at radius 1 is 1.44 bits per heavy atom. The standard InChI is InChI=1S/C11H11BrFN3/c1-7-4-11(14)15-16(7)6-8-5-9(13)2-3-10(8)12/h2-5H,6H2,1H3,(H2,14,15). The van der Waals surface area contributed by atoms with Gasteiger partial charge in [0.05, 0.1) is 6.54 Å². The van der Waals surface area contributed by atoms with Crippen LogP contribution in [0.15, 0.2) is 28.7 Å². The summed E-state index contributed by atoms with van der Waals surface area (Å²) in [6.07, 6.45) is 0. The van der Waals surface area contributed by atoms with Crippen LogP contribution in [-0.2, 0) is 6.54 Å². The van der Waals surface area contributed by atoms with Crippen LogP contribution in [0.5, 0.6) is 0 Å². The first-order valence-electron chi connectivity index (χ1n) is 4.80. The van der Waals surface area contributed by atoms with E-state index < -0.39 is 0 Å². The van der Waals surface area contributed by atoms with Crippen LogP contribution in [-0.4, -0.2) is 9.78 Å². The summed E-state index contributed by atoms with van der Waals surface area (Å²) < 4.78 is 15.7. The van der Waals surface area contributed by atoms with Crippen LogP contribution in [0.2, 0.25) is 0 Å². The number of nitrogens with two attached hydrogens (primary N) is 1. The van der Waals surface area contributed by atoms with Gasteiger partial charge in [-0.1, -0.05) is 15.9 Å². The Hall–Kier alpha value is -1.36. The Morgan fingerprint density at radius 3 is 2.81 bits per heavy atom. The maximum atomic E-state index is 13.1. The first kappa shape index (κ1) is 11.1. The van der Waals surface area contributed by atoms with E-state index in [-0.39, 0.29) is 5.82 Å². The molecular formula is C11H11BrFN3. The third-order valence-electron chi connectivity index (χ3n) is 2.33. The monoisotopic (exact) mass is 283 g/mol. The zero-order valence-electron chi connectivity index (χ0n) is 8.74. The van der Waals surface area contributed by atoms with Crippen molar-refractivity contribution in [2.75, 3.05) is 5.73 Å². The molecule has 0 aliphatic rings.